The summed E-state index contributed by atoms with van der Waals surface area (Å²) in [5.41, 5.74) is 2.05. The Kier molecular flexibility index (Phi) is 5.88. The van der Waals surface area contributed by atoms with Gasteiger partial charge in [-0.25, -0.2) is 0 Å². The summed E-state index contributed by atoms with van der Waals surface area (Å²) >= 11 is 0. The molecule has 0 radical (unpaired) electrons. The van der Waals surface area contributed by atoms with E-state index in [9.17, 15) is 19.7 Å². The summed E-state index contributed by atoms with van der Waals surface area (Å²) in [6.07, 6.45) is 0.262. The normalized spacial score (nSPS) is 20.1. The quantitative estimate of drug-likeness (QED) is 0.546. The highest BCUT2D eigenvalue weighted by Gasteiger charge is 2.39. The zero-order chi connectivity index (χ0) is 22.0. The third-order valence-corrected chi connectivity index (χ3v) is 6.27. The van der Waals surface area contributed by atoms with Crippen LogP contribution >= 0.6 is 0 Å². The second kappa shape index (κ2) is 8.75. The van der Waals surface area contributed by atoms with Crippen molar-refractivity contribution in [3.63, 3.8) is 0 Å². The summed E-state index contributed by atoms with van der Waals surface area (Å²) < 4.78 is 0. The number of benzene rings is 2. The topological polar surface area (TPSA) is 87.0 Å². The van der Waals surface area contributed by atoms with Gasteiger partial charge in [-0.05, 0) is 24.6 Å². The molecule has 8 nitrogen and oxygen atoms in total. The van der Waals surface area contributed by atoms with Gasteiger partial charge in [-0.3, -0.25) is 19.7 Å². The Hall–Kier alpha value is -3.42. The van der Waals surface area contributed by atoms with Gasteiger partial charge in [0.25, 0.3) is 5.69 Å². The standard InChI is InChI=1S/C23H26N4O4/c1-17(18-5-3-2-4-6-18)26-16-19(15-22(26)28)23(29)25-13-11-24(12-14-25)20-7-9-21(10-8-20)27(30)31/h2-10,17,19H,11-16H2,1H3/t17-,19+/m1/s1. The average Bonchev–Trinajstić information content (AvgIpc) is 3.20. The first-order valence-corrected chi connectivity index (χ1v) is 10.6. The number of non-ortho nitro benzene ring substituents is 1. The number of rotatable bonds is 5. The molecular weight excluding hydrogens is 396 g/mol. The maximum atomic E-state index is 13.1. The van der Waals surface area contributed by atoms with Gasteiger partial charge >= 0.3 is 0 Å². The Bertz CT molecular complexity index is 955. The lowest BCUT2D eigenvalue weighted by Crippen LogP contribution is -2.50. The van der Waals surface area contributed by atoms with E-state index in [1.54, 1.807) is 12.1 Å². The fourth-order valence-corrected chi connectivity index (χ4v) is 4.41. The van der Waals surface area contributed by atoms with Crippen molar-refractivity contribution < 1.29 is 14.5 Å². The van der Waals surface area contributed by atoms with Crippen LogP contribution in [0.5, 0.6) is 0 Å². The van der Waals surface area contributed by atoms with Crippen LogP contribution in [0.3, 0.4) is 0 Å². The van der Waals surface area contributed by atoms with E-state index in [0.717, 1.165) is 11.3 Å². The molecule has 0 aliphatic carbocycles. The molecule has 0 spiro atoms. The first-order valence-electron chi connectivity index (χ1n) is 10.6. The van der Waals surface area contributed by atoms with Gasteiger partial charge in [0.15, 0.2) is 0 Å². The van der Waals surface area contributed by atoms with E-state index in [1.165, 1.54) is 12.1 Å². The number of likely N-dealkylation sites (tertiary alicyclic amines) is 1. The molecule has 2 aromatic rings. The van der Waals surface area contributed by atoms with Gasteiger partial charge in [-0.15, -0.1) is 0 Å². The second-order valence-electron chi connectivity index (χ2n) is 8.12. The largest absolute Gasteiger partial charge is 0.368 e. The minimum Gasteiger partial charge on any atom is -0.368 e. The van der Waals surface area contributed by atoms with Crippen molar-refractivity contribution in [3.8, 4) is 0 Å². The van der Waals surface area contributed by atoms with Crippen LogP contribution in [0, 0.1) is 16.0 Å². The molecule has 162 valence electrons. The van der Waals surface area contributed by atoms with E-state index in [4.69, 9.17) is 0 Å². The van der Waals surface area contributed by atoms with Gasteiger partial charge in [0.05, 0.1) is 16.9 Å². The lowest BCUT2D eigenvalue weighted by Gasteiger charge is -2.37. The molecule has 2 fully saturated rings. The van der Waals surface area contributed by atoms with Gasteiger partial charge in [0, 0.05) is 57.0 Å². The number of hydrogen-bond acceptors (Lipinski definition) is 5. The minimum absolute atomic E-state index is 0.0271. The van der Waals surface area contributed by atoms with E-state index in [1.807, 2.05) is 47.1 Å². The molecule has 2 aliphatic rings. The molecule has 2 saturated heterocycles. The predicted molar refractivity (Wildman–Crippen MR) is 117 cm³/mol. The lowest BCUT2D eigenvalue weighted by molar-refractivity contribution is -0.384. The fraction of sp³-hybridized carbons (Fsp3) is 0.391. The first kappa shape index (κ1) is 20.8. The summed E-state index contributed by atoms with van der Waals surface area (Å²) in [5, 5.41) is 10.8. The molecule has 2 amide bonds. The van der Waals surface area contributed by atoms with Crippen molar-refractivity contribution in [2.75, 3.05) is 37.6 Å². The summed E-state index contributed by atoms with van der Waals surface area (Å²) in [6, 6.07) is 16.3. The summed E-state index contributed by atoms with van der Waals surface area (Å²) in [4.78, 5) is 41.9. The molecule has 4 rings (SSSR count). The van der Waals surface area contributed by atoms with Gasteiger partial charge in [0.2, 0.25) is 11.8 Å². The lowest BCUT2D eigenvalue weighted by atomic mass is 10.1. The van der Waals surface area contributed by atoms with Crippen LogP contribution in [0.1, 0.15) is 24.9 Å². The van der Waals surface area contributed by atoms with Crippen LogP contribution in [0.4, 0.5) is 11.4 Å². The molecule has 31 heavy (non-hydrogen) atoms. The molecule has 0 saturated carbocycles. The number of nitro benzene ring substituents is 1. The van der Waals surface area contributed by atoms with Crippen LogP contribution < -0.4 is 4.90 Å². The molecule has 8 heteroatoms. The Morgan fingerprint density at radius 2 is 1.68 bits per heavy atom. The van der Waals surface area contributed by atoms with Gasteiger partial charge in [-0.2, -0.15) is 0 Å². The molecular formula is C23H26N4O4. The number of carbonyl (C=O) groups is 2. The fourth-order valence-electron chi connectivity index (χ4n) is 4.41. The van der Waals surface area contributed by atoms with E-state index < -0.39 is 4.92 Å². The van der Waals surface area contributed by atoms with E-state index in [2.05, 4.69) is 4.90 Å². The Labute approximate surface area is 181 Å². The third-order valence-electron chi connectivity index (χ3n) is 6.27. The minimum atomic E-state index is -0.411. The monoisotopic (exact) mass is 422 g/mol. The molecule has 0 bridgehead atoms. The first-order chi connectivity index (χ1) is 14.9. The van der Waals surface area contributed by atoms with Crippen LogP contribution in [0.15, 0.2) is 54.6 Å². The average molecular weight is 422 g/mol. The summed E-state index contributed by atoms with van der Waals surface area (Å²) in [6.45, 7) is 4.94. The highest BCUT2D eigenvalue weighted by molar-refractivity contribution is 5.89. The molecule has 0 unspecified atom stereocenters. The van der Waals surface area contributed by atoms with Gasteiger partial charge in [-0.1, -0.05) is 30.3 Å². The van der Waals surface area contributed by atoms with E-state index >= 15 is 0 Å². The molecule has 2 atom stereocenters. The highest BCUT2D eigenvalue weighted by Crippen LogP contribution is 2.30. The van der Waals surface area contributed by atoms with Gasteiger partial charge < -0.3 is 14.7 Å². The SMILES string of the molecule is C[C@H](c1ccccc1)N1C[C@@H](C(=O)N2CCN(c3ccc([N+](=O)[O-])cc3)CC2)CC1=O. The smallest absolute Gasteiger partial charge is 0.269 e. The number of amides is 2. The number of piperazine rings is 1. The Morgan fingerprint density at radius 3 is 2.29 bits per heavy atom. The van der Waals surface area contributed by atoms with Crippen LogP contribution in [0.25, 0.3) is 0 Å². The number of nitrogens with zero attached hydrogens (tertiary/aromatic N) is 4. The van der Waals surface area contributed by atoms with Crippen molar-refractivity contribution >= 4 is 23.2 Å². The van der Waals surface area contributed by atoms with Gasteiger partial charge in [0.1, 0.15) is 0 Å². The van der Waals surface area contributed by atoms with E-state index in [-0.39, 0.29) is 35.9 Å². The van der Waals surface area contributed by atoms with Crippen molar-refractivity contribution in [1.82, 2.24) is 9.80 Å². The van der Waals surface area contributed by atoms with Crippen LogP contribution in [-0.4, -0.2) is 59.3 Å². The summed E-state index contributed by atoms with van der Waals surface area (Å²) in [5.74, 6) is -0.233. The zero-order valence-corrected chi connectivity index (χ0v) is 17.5. The predicted octanol–water partition coefficient (Wildman–Crippen LogP) is 2.85. The zero-order valence-electron chi connectivity index (χ0n) is 17.5. The third kappa shape index (κ3) is 4.38. The molecule has 0 aromatic heterocycles. The Morgan fingerprint density at radius 1 is 1.03 bits per heavy atom. The second-order valence-corrected chi connectivity index (χ2v) is 8.12. The van der Waals surface area contributed by atoms with Crippen LogP contribution in [0.2, 0.25) is 0 Å². The maximum absolute atomic E-state index is 13.1. The summed E-state index contributed by atoms with van der Waals surface area (Å²) in [7, 11) is 0. The number of anilines is 1. The number of hydrogen-bond donors (Lipinski definition) is 0. The van der Waals surface area contributed by atoms with Crippen molar-refractivity contribution in [2.45, 2.75) is 19.4 Å². The van der Waals surface area contributed by atoms with Crippen molar-refractivity contribution in [2.24, 2.45) is 5.92 Å². The molecule has 2 aromatic carbocycles. The molecule has 2 heterocycles. The van der Waals surface area contributed by atoms with Crippen LogP contribution in [-0.2, 0) is 9.59 Å². The van der Waals surface area contributed by atoms with Crippen molar-refractivity contribution in [1.29, 1.82) is 0 Å². The highest BCUT2D eigenvalue weighted by atomic mass is 16.6. The molecule has 0 N–H and O–H groups in total. The Balaban J connectivity index is 1.33. The van der Waals surface area contributed by atoms with E-state index in [0.29, 0.717) is 32.7 Å². The van der Waals surface area contributed by atoms with Crippen molar-refractivity contribution in [3.05, 3.63) is 70.3 Å². The molecule has 2 aliphatic heterocycles. The number of nitro groups is 1. The maximum Gasteiger partial charge on any atom is 0.269 e. The number of carbonyl (C=O) groups excluding carboxylic acids is 2.